The molecular formula is C25H30ClN9O3. The Morgan fingerprint density at radius 1 is 1.26 bits per heavy atom. The monoisotopic (exact) mass is 539 g/mol. The van der Waals surface area contributed by atoms with E-state index in [-0.39, 0.29) is 22.8 Å². The lowest BCUT2D eigenvalue weighted by Gasteiger charge is -2.38. The SMILES string of the molecule is CCC(Nc1ncnc(N)c1C#N)c1nc2cccc(Cl)c2c(=O)n1N1CCN(C(=O)OC(C)(C)C)CC1. The second kappa shape index (κ2) is 10.7. The van der Waals surface area contributed by atoms with E-state index in [1.165, 1.54) is 11.0 Å². The number of carbonyl (C=O) groups is 1. The maximum absolute atomic E-state index is 13.9. The maximum Gasteiger partial charge on any atom is 0.410 e. The van der Waals surface area contributed by atoms with E-state index in [2.05, 4.69) is 15.3 Å². The van der Waals surface area contributed by atoms with Gasteiger partial charge in [-0.1, -0.05) is 24.6 Å². The van der Waals surface area contributed by atoms with Crippen LogP contribution in [0.25, 0.3) is 10.9 Å². The lowest BCUT2D eigenvalue weighted by atomic mass is 10.1. The Bertz CT molecular complexity index is 1450. The van der Waals surface area contributed by atoms with Crippen molar-refractivity contribution in [1.29, 1.82) is 5.26 Å². The van der Waals surface area contributed by atoms with Gasteiger partial charge in [-0.05, 0) is 39.3 Å². The molecule has 0 saturated carbocycles. The van der Waals surface area contributed by atoms with Gasteiger partial charge >= 0.3 is 6.09 Å². The lowest BCUT2D eigenvalue weighted by Crippen LogP contribution is -2.57. The Kier molecular flexibility index (Phi) is 7.59. The van der Waals surface area contributed by atoms with Gasteiger partial charge in [-0.25, -0.2) is 24.4 Å². The quantitative estimate of drug-likeness (QED) is 0.494. The van der Waals surface area contributed by atoms with Crippen molar-refractivity contribution in [3.05, 3.63) is 51.3 Å². The third-order valence-electron chi connectivity index (χ3n) is 6.06. The van der Waals surface area contributed by atoms with Crippen LogP contribution >= 0.6 is 11.6 Å². The number of aromatic nitrogens is 4. The summed E-state index contributed by atoms with van der Waals surface area (Å²) in [5.41, 5.74) is 5.49. The van der Waals surface area contributed by atoms with Crippen LogP contribution in [0.15, 0.2) is 29.3 Å². The molecule has 1 aliphatic rings. The summed E-state index contributed by atoms with van der Waals surface area (Å²) in [6, 6.07) is 6.62. The highest BCUT2D eigenvalue weighted by molar-refractivity contribution is 6.35. The van der Waals surface area contributed by atoms with Crippen LogP contribution in [0.5, 0.6) is 0 Å². The number of benzene rings is 1. The molecule has 3 aromatic rings. The molecule has 3 N–H and O–H groups in total. The van der Waals surface area contributed by atoms with Gasteiger partial charge in [0.15, 0.2) is 5.82 Å². The molecule has 38 heavy (non-hydrogen) atoms. The van der Waals surface area contributed by atoms with Gasteiger partial charge in [0.05, 0.1) is 35.1 Å². The average molecular weight is 540 g/mol. The fourth-order valence-electron chi connectivity index (χ4n) is 4.24. The van der Waals surface area contributed by atoms with Crippen LogP contribution in [0.4, 0.5) is 16.4 Å². The number of nitrogens with two attached hydrogens (primary N) is 1. The topological polar surface area (TPSA) is 155 Å². The summed E-state index contributed by atoms with van der Waals surface area (Å²) in [5, 5.41) is 15.2. The van der Waals surface area contributed by atoms with E-state index in [1.54, 1.807) is 23.1 Å². The van der Waals surface area contributed by atoms with Crippen LogP contribution in [0.2, 0.25) is 5.02 Å². The molecule has 3 heterocycles. The first kappa shape index (κ1) is 26.9. The molecule has 1 saturated heterocycles. The summed E-state index contributed by atoms with van der Waals surface area (Å²) in [6.45, 7) is 8.82. The lowest BCUT2D eigenvalue weighted by molar-refractivity contribution is 0.0231. The molecule has 0 aliphatic carbocycles. The molecule has 1 aromatic carbocycles. The second-order valence-corrected chi connectivity index (χ2v) is 10.2. The van der Waals surface area contributed by atoms with Crippen molar-refractivity contribution in [3.63, 3.8) is 0 Å². The first-order chi connectivity index (χ1) is 18.0. The number of rotatable bonds is 5. The van der Waals surface area contributed by atoms with Crippen LogP contribution in [-0.2, 0) is 4.74 Å². The Morgan fingerprint density at radius 3 is 2.61 bits per heavy atom. The van der Waals surface area contributed by atoms with Crippen molar-refractivity contribution in [2.75, 3.05) is 42.2 Å². The Hall–Kier alpha value is -4.11. The molecule has 1 fully saturated rings. The van der Waals surface area contributed by atoms with E-state index in [0.717, 1.165) is 0 Å². The molecule has 0 radical (unpaired) electrons. The number of halogens is 1. The highest BCUT2D eigenvalue weighted by Gasteiger charge is 2.30. The third kappa shape index (κ3) is 5.43. The number of amides is 1. The number of nitrogen functional groups attached to an aromatic ring is 1. The molecule has 200 valence electrons. The highest BCUT2D eigenvalue weighted by Crippen LogP contribution is 2.27. The number of ether oxygens (including phenoxy) is 1. The molecule has 1 unspecified atom stereocenters. The molecule has 1 atom stereocenters. The zero-order chi connectivity index (χ0) is 27.6. The average Bonchev–Trinajstić information content (AvgIpc) is 2.86. The predicted octanol–water partition coefficient (Wildman–Crippen LogP) is 3.05. The number of fused-ring (bicyclic) bond motifs is 1. The number of carbonyl (C=O) groups excluding carboxylic acids is 1. The fraction of sp³-hybridized carbons (Fsp3) is 0.440. The summed E-state index contributed by atoms with van der Waals surface area (Å²) < 4.78 is 7.02. The van der Waals surface area contributed by atoms with Gasteiger partial charge in [-0.15, -0.1) is 0 Å². The molecule has 2 aromatic heterocycles. The summed E-state index contributed by atoms with van der Waals surface area (Å²) in [5.74, 6) is 0.710. The van der Waals surface area contributed by atoms with Crippen molar-refractivity contribution in [1.82, 2.24) is 24.5 Å². The smallest absolute Gasteiger partial charge is 0.410 e. The molecule has 12 nitrogen and oxygen atoms in total. The number of nitrogens with one attached hydrogen (secondary N) is 1. The van der Waals surface area contributed by atoms with Crippen LogP contribution < -0.4 is 21.6 Å². The van der Waals surface area contributed by atoms with Gasteiger partial charge in [0.1, 0.15) is 35.2 Å². The van der Waals surface area contributed by atoms with Crippen LogP contribution in [0, 0.1) is 11.3 Å². The first-order valence-corrected chi connectivity index (χ1v) is 12.6. The van der Waals surface area contributed by atoms with Gasteiger partial charge < -0.3 is 25.7 Å². The summed E-state index contributed by atoms with van der Waals surface area (Å²) in [6.07, 6.45) is 1.37. The van der Waals surface area contributed by atoms with Crippen molar-refractivity contribution in [2.45, 2.75) is 45.8 Å². The summed E-state index contributed by atoms with van der Waals surface area (Å²) in [7, 11) is 0. The highest BCUT2D eigenvalue weighted by atomic mass is 35.5. The minimum atomic E-state index is -0.607. The normalized spacial score (nSPS) is 14.7. The van der Waals surface area contributed by atoms with Gasteiger partial charge in [0.2, 0.25) is 0 Å². The predicted molar refractivity (Wildman–Crippen MR) is 145 cm³/mol. The zero-order valence-corrected chi connectivity index (χ0v) is 22.5. The molecule has 1 aliphatic heterocycles. The van der Waals surface area contributed by atoms with E-state index in [4.69, 9.17) is 27.1 Å². The van der Waals surface area contributed by atoms with Crippen molar-refractivity contribution >= 4 is 40.2 Å². The van der Waals surface area contributed by atoms with E-state index < -0.39 is 17.7 Å². The number of anilines is 2. The van der Waals surface area contributed by atoms with Crippen molar-refractivity contribution in [3.8, 4) is 6.07 Å². The summed E-state index contributed by atoms with van der Waals surface area (Å²) in [4.78, 5) is 41.0. The van der Waals surface area contributed by atoms with Crippen LogP contribution in [0.1, 0.15) is 51.5 Å². The minimum absolute atomic E-state index is 0.0498. The van der Waals surface area contributed by atoms with Gasteiger partial charge in [0.25, 0.3) is 5.56 Å². The third-order valence-corrected chi connectivity index (χ3v) is 6.37. The van der Waals surface area contributed by atoms with E-state index >= 15 is 0 Å². The summed E-state index contributed by atoms with van der Waals surface area (Å²) >= 11 is 6.43. The van der Waals surface area contributed by atoms with Gasteiger partial charge in [-0.2, -0.15) is 5.26 Å². The molecule has 1 amide bonds. The molecular weight excluding hydrogens is 510 g/mol. The number of hydrogen-bond donors (Lipinski definition) is 2. The molecule has 13 heteroatoms. The Balaban J connectivity index is 1.75. The largest absolute Gasteiger partial charge is 0.444 e. The molecule has 0 bridgehead atoms. The van der Waals surface area contributed by atoms with Gasteiger partial charge in [0, 0.05) is 13.1 Å². The Labute approximate surface area is 225 Å². The van der Waals surface area contributed by atoms with E-state index in [0.29, 0.717) is 54.3 Å². The van der Waals surface area contributed by atoms with E-state index in [1.807, 2.05) is 38.8 Å². The van der Waals surface area contributed by atoms with Gasteiger partial charge in [-0.3, -0.25) is 4.79 Å². The standard InChI is InChI=1S/C25H30ClN9O3/c1-5-17(31-21-15(13-27)20(28)29-14-30-21)22-32-18-8-6-7-16(26)19(18)23(36)35(22)34-11-9-33(10-12-34)24(37)38-25(2,3)4/h6-8,14,17H,5,9-12H2,1-4H3,(H3,28,29,30,31). The number of nitrogens with zero attached hydrogens (tertiary/aromatic N) is 7. The number of hydrogen-bond acceptors (Lipinski definition) is 10. The van der Waals surface area contributed by atoms with Crippen molar-refractivity contribution < 1.29 is 9.53 Å². The number of nitriles is 1. The zero-order valence-electron chi connectivity index (χ0n) is 21.7. The molecule has 0 spiro atoms. The second-order valence-electron chi connectivity index (χ2n) is 9.84. The van der Waals surface area contributed by atoms with Crippen LogP contribution in [0.3, 0.4) is 0 Å². The minimum Gasteiger partial charge on any atom is -0.444 e. The number of piperazine rings is 1. The Morgan fingerprint density at radius 2 is 1.97 bits per heavy atom. The first-order valence-electron chi connectivity index (χ1n) is 12.3. The molecule has 4 rings (SSSR count). The van der Waals surface area contributed by atoms with Crippen LogP contribution in [-0.4, -0.2) is 62.4 Å². The van der Waals surface area contributed by atoms with Crippen molar-refractivity contribution in [2.24, 2.45) is 0 Å². The maximum atomic E-state index is 13.9. The van der Waals surface area contributed by atoms with E-state index in [9.17, 15) is 14.9 Å². The fourth-order valence-corrected chi connectivity index (χ4v) is 4.49.